The Balaban J connectivity index is 1.47. The summed E-state index contributed by atoms with van der Waals surface area (Å²) in [6.07, 6.45) is 1.93. The summed E-state index contributed by atoms with van der Waals surface area (Å²) in [5.41, 5.74) is 2.99. The van der Waals surface area contributed by atoms with E-state index in [1.807, 2.05) is 12.1 Å². The molecule has 5 N–H and O–H groups in total. The Morgan fingerprint density at radius 3 is 2.00 bits per heavy atom. The van der Waals surface area contributed by atoms with Crippen molar-refractivity contribution in [3.05, 3.63) is 76.9 Å². The zero-order chi connectivity index (χ0) is 21.7. The lowest BCUT2D eigenvalue weighted by molar-refractivity contribution is -0.136. The first kappa shape index (κ1) is 21.6. The Morgan fingerprint density at radius 2 is 1.47 bits per heavy atom. The fraction of sp³-hybridized carbons (Fsp3) is 0.190. The van der Waals surface area contributed by atoms with Crippen LogP contribution in [-0.2, 0) is 33.6 Å². The smallest absolute Gasteiger partial charge is 0.307 e. The van der Waals surface area contributed by atoms with Gasteiger partial charge in [0.15, 0.2) is 0 Å². The summed E-state index contributed by atoms with van der Waals surface area (Å²) >= 11 is 0. The molecule has 0 fully saturated rings. The van der Waals surface area contributed by atoms with Crippen LogP contribution in [0.2, 0.25) is 0 Å². The highest BCUT2D eigenvalue weighted by atomic mass is 32.3. The fourth-order valence-corrected chi connectivity index (χ4v) is 4.24. The van der Waals surface area contributed by atoms with Crippen LogP contribution < -0.4 is 10.0 Å². The second-order valence-corrected chi connectivity index (χ2v) is 8.63. The Kier molecular flexibility index (Phi) is 6.56. The van der Waals surface area contributed by atoms with E-state index in [1.54, 1.807) is 36.4 Å². The predicted molar refractivity (Wildman–Crippen MR) is 114 cm³/mol. The van der Waals surface area contributed by atoms with Gasteiger partial charge in [-0.2, -0.15) is 0 Å². The minimum absolute atomic E-state index is 0.0473. The van der Waals surface area contributed by atoms with Crippen molar-refractivity contribution in [1.29, 1.82) is 0 Å². The fourth-order valence-electron chi connectivity index (χ4n) is 3.05. The van der Waals surface area contributed by atoms with Gasteiger partial charge in [-0.05, 0) is 28.7 Å². The third-order valence-corrected chi connectivity index (χ3v) is 5.98. The molecule has 8 nitrogen and oxygen atoms in total. The van der Waals surface area contributed by atoms with Gasteiger partial charge in [0.1, 0.15) is 0 Å². The number of carboxylic acids is 1. The number of benzene rings is 2. The maximum Gasteiger partial charge on any atom is 0.307 e. The van der Waals surface area contributed by atoms with E-state index in [0.717, 1.165) is 11.1 Å². The van der Waals surface area contributed by atoms with Gasteiger partial charge < -0.3 is 10.4 Å². The molecular formula is C21H22N2O6S. The zero-order valence-electron chi connectivity index (χ0n) is 16.0. The van der Waals surface area contributed by atoms with Crippen LogP contribution in [0.15, 0.2) is 54.6 Å². The molecule has 0 spiro atoms. The highest BCUT2D eigenvalue weighted by Crippen LogP contribution is 2.52. The van der Waals surface area contributed by atoms with Crippen LogP contribution in [0.5, 0.6) is 0 Å². The van der Waals surface area contributed by atoms with Crippen LogP contribution in [-0.4, -0.2) is 38.5 Å². The van der Waals surface area contributed by atoms with Gasteiger partial charge in [0, 0.05) is 12.6 Å². The van der Waals surface area contributed by atoms with Crippen molar-refractivity contribution in [2.24, 2.45) is 0 Å². The number of hydrogen-bond donors (Lipinski definition) is 5. The largest absolute Gasteiger partial charge is 0.481 e. The van der Waals surface area contributed by atoms with Gasteiger partial charge >= 0.3 is 5.97 Å². The zero-order valence-corrected chi connectivity index (χ0v) is 16.8. The average Bonchev–Trinajstić information content (AvgIpc) is 2.95. The molecule has 0 atom stereocenters. The van der Waals surface area contributed by atoms with Crippen LogP contribution in [0.4, 0.5) is 0 Å². The van der Waals surface area contributed by atoms with Crippen LogP contribution in [0.3, 0.4) is 0 Å². The standard InChI is InChI=1S/C21H22N2O6S/c24-19(11-15-1-3-16(4-2-15)12-21(26)27)22-10-9-14-5-7-17(8-6-14)18-13-20(25)23-30(18,28)29/h1-8,13,28-29H,9-12H2,(H,22,24)(H,23,25)(H,26,27). The Bertz CT molecular complexity index is 984. The minimum atomic E-state index is -3.29. The summed E-state index contributed by atoms with van der Waals surface area (Å²) < 4.78 is 21.9. The van der Waals surface area contributed by atoms with E-state index >= 15 is 0 Å². The maximum atomic E-state index is 12.1. The molecule has 3 rings (SSSR count). The molecule has 0 aliphatic carbocycles. The summed E-state index contributed by atoms with van der Waals surface area (Å²) in [6, 6.07) is 13.9. The molecule has 0 unspecified atom stereocenters. The van der Waals surface area contributed by atoms with Gasteiger partial charge in [-0.3, -0.25) is 23.5 Å². The third kappa shape index (κ3) is 5.69. The van der Waals surface area contributed by atoms with Crippen molar-refractivity contribution in [2.45, 2.75) is 19.3 Å². The highest BCUT2D eigenvalue weighted by Gasteiger charge is 2.29. The Labute approximate surface area is 175 Å². The lowest BCUT2D eigenvalue weighted by Gasteiger charge is -2.29. The van der Waals surface area contributed by atoms with Crippen molar-refractivity contribution >= 4 is 33.5 Å². The molecule has 1 heterocycles. The molecule has 0 aromatic heterocycles. The molecule has 0 bridgehead atoms. The molecule has 1 aliphatic rings. The molecule has 2 aromatic rings. The third-order valence-electron chi connectivity index (χ3n) is 4.53. The molecule has 1 aliphatic heterocycles. The molecular weight excluding hydrogens is 408 g/mol. The number of aliphatic carboxylic acids is 1. The van der Waals surface area contributed by atoms with E-state index in [0.29, 0.717) is 24.1 Å². The van der Waals surface area contributed by atoms with E-state index in [2.05, 4.69) is 10.0 Å². The van der Waals surface area contributed by atoms with Gasteiger partial charge in [0.05, 0.1) is 17.7 Å². The van der Waals surface area contributed by atoms with E-state index in [4.69, 9.17) is 5.11 Å². The molecule has 0 saturated heterocycles. The van der Waals surface area contributed by atoms with Gasteiger partial charge in [0.25, 0.3) is 5.91 Å². The van der Waals surface area contributed by atoms with Crippen LogP contribution in [0.1, 0.15) is 22.3 Å². The number of carbonyl (C=O) groups excluding carboxylic acids is 2. The quantitative estimate of drug-likeness (QED) is 0.436. The predicted octanol–water partition coefficient (Wildman–Crippen LogP) is 2.35. The Hall–Kier alpha value is -3.14. The number of carbonyl (C=O) groups is 3. The average molecular weight is 430 g/mol. The van der Waals surface area contributed by atoms with Gasteiger partial charge in [-0.15, -0.1) is 0 Å². The van der Waals surface area contributed by atoms with E-state index in [1.165, 1.54) is 6.08 Å². The topological polar surface area (TPSA) is 136 Å². The second-order valence-electron chi connectivity index (χ2n) is 6.88. The van der Waals surface area contributed by atoms with E-state index in [9.17, 15) is 23.5 Å². The van der Waals surface area contributed by atoms with Crippen LogP contribution in [0.25, 0.3) is 4.91 Å². The first-order valence-corrected chi connectivity index (χ1v) is 10.7. The second kappa shape index (κ2) is 9.12. The van der Waals surface area contributed by atoms with Crippen molar-refractivity contribution in [2.75, 3.05) is 6.54 Å². The molecule has 158 valence electrons. The molecule has 2 amide bonds. The normalized spacial score (nSPS) is 15.8. The summed E-state index contributed by atoms with van der Waals surface area (Å²) in [6.45, 7) is 0.438. The molecule has 30 heavy (non-hydrogen) atoms. The molecule has 2 aromatic carbocycles. The van der Waals surface area contributed by atoms with Gasteiger partial charge in [0.2, 0.25) is 5.91 Å². The number of hydrogen-bond acceptors (Lipinski definition) is 5. The number of nitrogens with one attached hydrogen (secondary N) is 2. The van der Waals surface area contributed by atoms with Crippen molar-refractivity contribution < 1.29 is 28.6 Å². The first-order valence-electron chi connectivity index (χ1n) is 9.20. The van der Waals surface area contributed by atoms with Crippen molar-refractivity contribution in [1.82, 2.24) is 10.0 Å². The minimum Gasteiger partial charge on any atom is -0.481 e. The van der Waals surface area contributed by atoms with Crippen LogP contribution >= 0.6 is 10.8 Å². The van der Waals surface area contributed by atoms with E-state index in [-0.39, 0.29) is 23.7 Å². The van der Waals surface area contributed by atoms with Crippen molar-refractivity contribution in [3.8, 4) is 0 Å². The Morgan fingerprint density at radius 1 is 0.900 bits per heavy atom. The molecule has 9 heteroatoms. The first-order chi connectivity index (χ1) is 14.2. The monoisotopic (exact) mass is 430 g/mol. The summed E-state index contributed by atoms with van der Waals surface area (Å²) in [5, 5.41) is 11.6. The van der Waals surface area contributed by atoms with Crippen LogP contribution in [0, 0.1) is 0 Å². The summed E-state index contributed by atoms with van der Waals surface area (Å²) in [4.78, 5) is 34.3. The molecule has 0 saturated carbocycles. The highest BCUT2D eigenvalue weighted by molar-refractivity contribution is 8.31. The summed E-state index contributed by atoms with van der Waals surface area (Å²) in [5.74, 6) is -1.56. The van der Waals surface area contributed by atoms with Crippen molar-refractivity contribution in [3.63, 3.8) is 0 Å². The SMILES string of the molecule is O=C(O)Cc1ccc(CC(=O)NCCc2ccc(C3=CC(=O)NS3(O)O)cc2)cc1. The van der Waals surface area contributed by atoms with E-state index < -0.39 is 22.7 Å². The number of carboxylic acid groups (broad SMARTS) is 1. The number of rotatable bonds is 8. The van der Waals surface area contributed by atoms with Gasteiger partial charge in [-0.1, -0.05) is 59.3 Å². The lowest BCUT2D eigenvalue weighted by atomic mass is 10.1. The van der Waals surface area contributed by atoms with Gasteiger partial charge in [-0.25, -0.2) is 4.72 Å². The summed E-state index contributed by atoms with van der Waals surface area (Å²) in [7, 11) is -3.29. The maximum absolute atomic E-state index is 12.1. The lowest BCUT2D eigenvalue weighted by Crippen LogP contribution is -2.27. The molecule has 0 radical (unpaired) electrons. The number of amides is 2.